The molecule has 0 spiro atoms. The number of H-pyrrole nitrogens is 1. The SMILES string of the molecule is COc1cccc(-c2cc3c(cc2F)c(=O)c2c(=O)[nH]sc2n3C2CC2)c1OC. The summed E-state index contributed by atoms with van der Waals surface area (Å²) in [6.45, 7) is 0. The van der Waals surface area contributed by atoms with Gasteiger partial charge in [0, 0.05) is 22.6 Å². The van der Waals surface area contributed by atoms with E-state index < -0.39 is 16.8 Å². The lowest BCUT2D eigenvalue weighted by molar-refractivity contribution is 0.356. The highest BCUT2D eigenvalue weighted by Gasteiger charge is 2.29. The molecule has 148 valence electrons. The standard InChI is InChI=1S/C21H17FN2O4S/c1-27-16-5-3-4-11(19(16)28-2)12-9-15-13(8-14(12)22)18(25)17-20(26)23-29-21(17)24(15)10-6-7-10/h3-5,8-10H,6-7H2,1-2H3,(H,23,26). The molecule has 5 rings (SSSR count). The monoisotopic (exact) mass is 412 g/mol. The Morgan fingerprint density at radius 3 is 2.62 bits per heavy atom. The molecule has 0 radical (unpaired) electrons. The largest absolute Gasteiger partial charge is 0.493 e. The highest BCUT2D eigenvalue weighted by Crippen LogP contribution is 2.43. The second kappa shape index (κ2) is 6.45. The Hall–Kier alpha value is -3.13. The van der Waals surface area contributed by atoms with Gasteiger partial charge in [-0.15, -0.1) is 0 Å². The highest BCUT2D eigenvalue weighted by atomic mass is 32.1. The van der Waals surface area contributed by atoms with Crippen molar-refractivity contribution in [3.8, 4) is 22.6 Å². The molecule has 2 heterocycles. The molecule has 4 aromatic rings. The number of fused-ring (bicyclic) bond motifs is 2. The van der Waals surface area contributed by atoms with Gasteiger partial charge < -0.3 is 14.0 Å². The van der Waals surface area contributed by atoms with E-state index in [9.17, 15) is 9.59 Å². The summed E-state index contributed by atoms with van der Waals surface area (Å²) >= 11 is 1.14. The van der Waals surface area contributed by atoms with Crippen LogP contribution in [0.15, 0.2) is 39.9 Å². The maximum Gasteiger partial charge on any atom is 0.271 e. The molecule has 2 aromatic heterocycles. The van der Waals surface area contributed by atoms with Crippen LogP contribution in [0.1, 0.15) is 18.9 Å². The van der Waals surface area contributed by atoms with E-state index in [0.717, 1.165) is 24.4 Å². The number of aromatic nitrogens is 2. The summed E-state index contributed by atoms with van der Waals surface area (Å²) in [5, 5.41) is 0.303. The predicted molar refractivity (Wildman–Crippen MR) is 111 cm³/mol. The lowest BCUT2D eigenvalue weighted by Crippen LogP contribution is -2.15. The molecule has 0 unspecified atom stereocenters. The van der Waals surface area contributed by atoms with E-state index in [1.165, 1.54) is 20.3 Å². The zero-order valence-electron chi connectivity index (χ0n) is 15.7. The molecule has 1 N–H and O–H groups in total. The highest BCUT2D eigenvalue weighted by molar-refractivity contribution is 7.12. The van der Waals surface area contributed by atoms with Crippen molar-refractivity contribution in [1.29, 1.82) is 0 Å². The minimum absolute atomic E-state index is 0.0977. The number of halogens is 1. The molecule has 6 nitrogen and oxygen atoms in total. The van der Waals surface area contributed by atoms with Gasteiger partial charge in [-0.1, -0.05) is 12.1 Å². The van der Waals surface area contributed by atoms with Crippen molar-refractivity contribution in [2.75, 3.05) is 14.2 Å². The summed E-state index contributed by atoms with van der Waals surface area (Å²) in [6, 6.07) is 8.33. The number of benzene rings is 2. The summed E-state index contributed by atoms with van der Waals surface area (Å²) in [6.07, 6.45) is 1.91. The Balaban J connectivity index is 1.91. The first-order valence-electron chi connectivity index (χ1n) is 9.15. The number of methoxy groups -OCH3 is 2. The average Bonchev–Trinajstić information content (AvgIpc) is 3.49. The van der Waals surface area contributed by atoms with Crippen molar-refractivity contribution in [2.24, 2.45) is 0 Å². The lowest BCUT2D eigenvalue weighted by atomic mass is 10.0. The molecule has 1 aliphatic rings. The third-order valence-electron chi connectivity index (χ3n) is 5.32. The molecule has 1 saturated carbocycles. The Kier molecular flexibility index (Phi) is 3.99. The molecule has 0 bridgehead atoms. The number of pyridine rings is 1. The lowest BCUT2D eigenvalue weighted by Gasteiger charge is -2.16. The maximum atomic E-state index is 15.2. The number of aromatic amines is 1. The van der Waals surface area contributed by atoms with Crippen molar-refractivity contribution in [3.05, 3.63) is 56.7 Å². The number of para-hydroxylation sites is 1. The van der Waals surface area contributed by atoms with Crippen LogP contribution in [0, 0.1) is 5.82 Å². The average molecular weight is 412 g/mol. The molecule has 1 fully saturated rings. The summed E-state index contributed by atoms with van der Waals surface area (Å²) in [5.74, 6) is 0.346. The van der Waals surface area contributed by atoms with E-state index in [1.54, 1.807) is 24.3 Å². The predicted octanol–water partition coefficient (Wildman–Crippen LogP) is 4.06. The number of hydrogen-bond acceptors (Lipinski definition) is 5. The first-order valence-corrected chi connectivity index (χ1v) is 9.97. The first-order chi connectivity index (χ1) is 14.0. The van der Waals surface area contributed by atoms with Crippen LogP contribution in [0.3, 0.4) is 0 Å². The van der Waals surface area contributed by atoms with Crippen molar-refractivity contribution >= 4 is 32.7 Å². The Morgan fingerprint density at radius 1 is 1.14 bits per heavy atom. The maximum absolute atomic E-state index is 15.2. The van der Waals surface area contributed by atoms with Crippen LogP contribution in [-0.2, 0) is 0 Å². The first kappa shape index (κ1) is 17.9. The zero-order valence-corrected chi connectivity index (χ0v) is 16.6. The number of hydrogen-bond donors (Lipinski definition) is 1. The number of rotatable bonds is 4. The Bertz CT molecular complexity index is 1400. The summed E-state index contributed by atoms with van der Waals surface area (Å²) in [4.78, 5) is 25.7. The van der Waals surface area contributed by atoms with Gasteiger partial charge in [-0.2, -0.15) is 0 Å². The zero-order chi connectivity index (χ0) is 20.3. The second-order valence-corrected chi connectivity index (χ2v) is 7.83. The molecule has 0 saturated heterocycles. The Labute approximate surface area is 168 Å². The van der Waals surface area contributed by atoms with Crippen molar-refractivity contribution in [2.45, 2.75) is 18.9 Å². The molecular weight excluding hydrogens is 395 g/mol. The molecular formula is C21H17FN2O4S. The molecule has 29 heavy (non-hydrogen) atoms. The van der Waals surface area contributed by atoms with Crippen molar-refractivity contribution < 1.29 is 13.9 Å². The molecule has 2 aromatic carbocycles. The second-order valence-electron chi connectivity index (χ2n) is 7.03. The fraction of sp³-hybridized carbons (Fsp3) is 0.238. The quantitative estimate of drug-likeness (QED) is 0.549. The van der Waals surface area contributed by atoms with E-state index in [2.05, 4.69) is 4.37 Å². The van der Waals surface area contributed by atoms with Gasteiger partial charge in [0.25, 0.3) is 5.56 Å². The summed E-state index contributed by atoms with van der Waals surface area (Å²) in [7, 11) is 3.02. The van der Waals surface area contributed by atoms with E-state index >= 15 is 4.39 Å². The van der Waals surface area contributed by atoms with Gasteiger partial charge in [0.15, 0.2) is 11.5 Å². The number of nitrogens with one attached hydrogen (secondary N) is 1. The smallest absolute Gasteiger partial charge is 0.271 e. The summed E-state index contributed by atoms with van der Waals surface area (Å²) < 4.78 is 30.6. The normalized spacial score (nSPS) is 13.9. The van der Waals surface area contributed by atoms with Gasteiger partial charge in [-0.05, 0) is 42.6 Å². The molecule has 1 aliphatic carbocycles. The van der Waals surface area contributed by atoms with Crippen molar-refractivity contribution in [3.63, 3.8) is 0 Å². The van der Waals surface area contributed by atoms with Crippen LogP contribution in [-0.4, -0.2) is 23.2 Å². The van der Waals surface area contributed by atoms with E-state index in [4.69, 9.17) is 9.47 Å². The van der Waals surface area contributed by atoms with Gasteiger partial charge in [0.05, 0.1) is 19.7 Å². The van der Waals surface area contributed by atoms with Gasteiger partial charge in [-0.25, -0.2) is 4.39 Å². The third-order valence-corrected chi connectivity index (χ3v) is 6.20. The van der Waals surface area contributed by atoms with Gasteiger partial charge in [0.2, 0.25) is 5.43 Å². The topological polar surface area (TPSA) is 73.3 Å². The van der Waals surface area contributed by atoms with Crippen LogP contribution in [0.25, 0.3) is 32.2 Å². The molecule has 8 heteroatoms. The fourth-order valence-electron chi connectivity index (χ4n) is 3.85. The fourth-order valence-corrected chi connectivity index (χ4v) is 4.78. The van der Waals surface area contributed by atoms with E-state index in [-0.39, 0.29) is 16.8 Å². The van der Waals surface area contributed by atoms with Crippen LogP contribution in [0.4, 0.5) is 4.39 Å². The number of ether oxygens (including phenoxy) is 2. The Morgan fingerprint density at radius 2 is 1.93 bits per heavy atom. The molecule has 0 aliphatic heterocycles. The van der Waals surface area contributed by atoms with Crippen LogP contribution in [0.5, 0.6) is 11.5 Å². The van der Waals surface area contributed by atoms with Crippen LogP contribution >= 0.6 is 11.5 Å². The van der Waals surface area contributed by atoms with Crippen molar-refractivity contribution in [1.82, 2.24) is 8.94 Å². The van der Waals surface area contributed by atoms with Crippen LogP contribution < -0.4 is 20.5 Å². The van der Waals surface area contributed by atoms with E-state index in [1.807, 2.05) is 4.57 Å². The summed E-state index contributed by atoms with van der Waals surface area (Å²) in [5.41, 5.74) is 0.580. The third kappa shape index (κ3) is 2.59. The number of nitrogens with zero attached hydrogens (tertiary/aromatic N) is 1. The van der Waals surface area contributed by atoms with Gasteiger partial charge in [-0.3, -0.25) is 14.0 Å². The van der Waals surface area contributed by atoms with E-state index in [0.29, 0.717) is 33.0 Å². The minimum Gasteiger partial charge on any atom is -0.493 e. The van der Waals surface area contributed by atoms with Crippen LogP contribution in [0.2, 0.25) is 0 Å². The molecule has 0 amide bonds. The minimum atomic E-state index is -0.561. The van der Waals surface area contributed by atoms with Gasteiger partial charge >= 0.3 is 0 Å². The molecule has 0 atom stereocenters. The van der Waals surface area contributed by atoms with Gasteiger partial charge in [0.1, 0.15) is 16.0 Å².